The van der Waals surface area contributed by atoms with Crippen LogP contribution in [0.5, 0.6) is 11.5 Å². The summed E-state index contributed by atoms with van der Waals surface area (Å²) < 4.78 is 13.5. The summed E-state index contributed by atoms with van der Waals surface area (Å²) in [5.41, 5.74) is 5.81. The van der Waals surface area contributed by atoms with Crippen LogP contribution >= 0.6 is 27.3 Å². The fourth-order valence-electron chi connectivity index (χ4n) is 4.60. The Balaban J connectivity index is 1.52. The van der Waals surface area contributed by atoms with Crippen LogP contribution in [0.2, 0.25) is 0 Å². The third-order valence-electron chi connectivity index (χ3n) is 6.41. The van der Waals surface area contributed by atoms with Crippen LogP contribution in [0.1, 0.15) is 29.4 Å². The summed E-state index contributed by atoms with van der Waals surface area (Å²) in [6.45, 7) is 1.04. The van der Waals surface area contributed by atoms with Crippen molar-refractivity contribution in [3.05, 3.63) is 93.1 Å². The van der Waals surface area contributed by atoms with E-state index in [4.69, 9.17) is 9.47 Å². The summed E-state index contributed by atoms with van der Waals surface area (Å²) in [7, 11) is 1.72. The minimum absolute atomic E-state index is 0.158. The average Bonchev–Trinajstić information content (AvgIpc) is 3.59. The molecule has 5 heteroatoms. The zero-order valence-electron chi connectivity index (χ0n) is 18.3. The molecule has 1 aliphatic carbocycles. The predicted molar refractivity (Wildman–Crippen MR) is 139 cm³/mol. The van der Waals surface area contributed by atoms with E-state index >= 15 is 0 Å². The van der Waals surface area contributed by atoms with Gasteiger partial charge in [0.05, 0.1) is 21.3 Å². The molecule has 0 saturated heterocycles. The van der Waals surface area contributed by atoms with Crippen molar-refractivity contribution in [2.45, 2.75) is 18.9 Å². The zero-order valence-corrected chi connectivity index (χ0v) is 20.7. The van der Waals surface area contributed by atoms with E-state index in [-0.39, 0.29) is 6.10 Å². The topological polar surface area (TPSA) is 21.7 Å². The number of anilines is 2. The number of rotatable bonds is 6. The molecule has 0 bridgehead atoms. The number of hydrogen-bond donors (Lipinski definition) is 0. The average molecular weight is 518 g/mol. The maximum absolute atomic E-state index is 6.63. The Labute approximate surface area is 206 Å². The number of halogens is 1. The number of hydrogen-bond acceptors (Lipinski definition) is 4. The molecule has 1 aromatic heterocycles. The van der Waals surface area contributed by atoms with Crippen molar-refractivity contribution < 1.29 is 9.47 Å². The highest BCUT2D eigenvalue weighted by Gasteiger charge is 2.32. The van der Waals surface area contributed by atoms with Crippen LogP contribution < -0.4 is 14.4 Å². The van der Waals surface area contributed by atoms with Gasteiger partial charge in [0.25, 0.3) is 0 Å². The van der Waals surface area contributed by atoms with Gasteiger partial charge in [-0.3, -0.25) is 0 Å². The molecule has 0 N–H and O–H groups in total. The quantitative estimate of drug-likeness (QED) is 0.257. The molecule has 4 aromatic rings. The minimum Gasteiger partial charge on any atom is -0.496 e. The molecule has 6 rings (SSSR count). The van der Waals surface area contributed by atoms with Gasteiger partial charge in [-0.25, -0.2) is 0 Å². The molecule has 0 amide bonds. The first kappa shape index (κ1) is 20.8. The van der Waals surface area contributed by atoms with E-state index in [0.29, 0.717) is 0 Å². The molecule has 3 nitrogen and oxygen atoms in total. The van der Waals surface area contributed by atoms with E-state index in [1.807, 2.05) is 18.2 Å². The van der Waals surface area contributed by atoms with Gasteiger partial charge in [0.1, 0.15) is 11.5 Å². The summed E-state index contributed by atoms with van der Waals surface area (Å²) in [4.78, 5) is 3.64. The molecule has 1 aliphatic heterocycles. The molecule has 1 fully saturated rings. The molecule has 166 valence electrons. The van der Waals surface area contributed by atoms with Gasteiger partial charge in [-0.1, -0.05) is 30.3 Å². The van der Waals surface area contributed by atoms with Crippen LogP contribution in [0.15, 0.2) is 82.6 Å². The summed E-state index contributed by atoms with van der Waals surface area (Å²) in [6.07, 6.45) is 2.47. The minimum atomic E-state index is -0.158. The largest absolute Gasteiger partial charge is 0.496 e. The molecule has 2 aliphatic rings. The molecule has 3 aromatic carbocycles. The second-order valence-corrected chi connectivity index (χ2v) is 11.1. The lowest BCUT2D eigenvalue weighted by molar-refractivity contribution is 0.246. The fraction of sp³-hybridized carbons (Fsp3) is 0.214. The van der Waals surface area contributed by atoms with Gasteiger partial charge in [-0.2, -0.15) is 0 Å². The maximum atomic E-state index is 6.63. The first-order valence-electron chi connectivity index (χ1n) is 11.3. The number of methoxy groups -OCH3 is 1. The van der Waals surface area contributed by atoms with Crippen LogP contribution in [0.25, 0.3) is 11.1 Å². The van der Waals surface area contributed by atoms with E-state index in [2.05, 4.69) is 81.5 Å². The van der Waals surface area contributed by atoms with Crippen molar-refractivity contribution in [1.29, 1.82) is 0 Å². The van der Waals surface area contributed by atoms with Crippen molar-refractivity contribution in [2.75, 3.05) is 18.6 Å². The van der Waals surface area contributed by atoms with E-state index in [0.717, 1.165) is 33.3 Å². The monoisotopic (exact) mass is 517 g/mol. The lowest BCUT2D eigenvalue weighted by Gasteiger charge is -2.32. The Hall–Kier alpha value is -2.76. The molecule has 1 atom stereocenters. The predicted octanol–water partition coefficient (Wildman–Crippen LogP) is 8.22. The van der Waals surface area contributed by atoms with Gasteiger partial charge in [0.2, 0.25) is 0 Å². The molecule has 2 heterocycles. The number of para-hydroxylation sites is 1. The van der Waals surface area contributed by atoms with Crippen molar-refractivity contribution in [2.24, 2.45) is 5.92 Å². The van der Waals surface area contributed by atoms with E-state index in [1.54, 1.807) is 18.4 Å². The van der Waals surface area contributed by atoms with Crippen molar-refractivity contribution in [3.63, 3.8) is 0 Å². The van der Waals surface area contributed by atoms with E-state index in [1.165, 1.54) is 40.2 Å². The summed E-state index contributed by atoms with van der Waals surface area (Å²) in [5.74, 6) is 2.47. The van der Waals surface area contributed by atoms with Crippen molar-refractivity contribution in [3.8, 4) is 22.6 Å². The van der Waals surface area contributed by atoms with Gasteiger partial charge in [-0.15, -0.1) is 11.3 Å². The van der Waals surface area contributed by atoms with Gasteiger partial charge in [0, 0.05) is 23.5 Å². The molecule has 0 spiro atoms. The molecule has 1 saturated carbocycles. The number of fused-ring (bicyclic) bond motifs is 3. The molecule has 1 unspecified atom stereocenters. The molecule has 33 heavy (non-hydrogen) atoms. The molecule has 0 radical (unpaired) electrons. The van der Waals surface area contributed by atoms with Crippen LogP contribution in [0.4, 0.5) is 11.4 Å². The Kier molecular flexibility index (Phi) is 5.39. The van der Waals surface area contributed by atoms with Crippen molar-refractivity contribution in [1.82, 2.24) is 0 Å². The van der Waals surface area contributed by atoms with Gasteiger partial charge < -0.3 is 14.4 Å². The van der Waals surface area contributed by atoms with Crippen LogP contribution in [-0.4, -0.2) is 13.7 Å². The lowest BCUT2D eigenvalue weighted by atomic mass is 9.90. The third kappa shape index (κ3) is 3.94. The van der Waals surface area contributed by atoms with Crippen LogP contribution in [0.3, 0.4) is 0 Å². The van der Waals surface area contributed by atoms with Gasteiger partial charge in [0.15, 0.2) is 6.10 Å². The Morgan fingerprint density at radius 1 is 0.970 bits per heavy atom. The Morgan fingerprint density at radius 2 is 1.82 bits per heavy atom. The Bertz CT molecular complexity index is 1300. The lowest BCUT2D eigenvalue weighted by Crippen LogP contribution is -2.21. The van der Waals surface area contributed by atoms with Gasteiger partial charge in [-0.05, 0) is 88.8 Å². The second-order valence-electron chi connectivity index (χ2n) is 8.63. The SMILES string of the molecule is COc1cccc2c1-c1ccc(N(CC3CC3)c3ccccc3)cc1C(c1ccc(Br)s1)O2. The number of ether oxygens (including phenoxy) is 2. The highest BCUT2D eigenvalue weighted by Crippen LogP contribution is 2.51. The summed E-state index contributed by atoms with van der Waals surface area (Å²) in [6, 6.07) is 27.8. The summed E-state index contributed by atoms with van der Waals surface area (Å²) in [5, 5.41) is 0. The highest BCUT2D eigenvalue weighted by atomic mass is 79.9. The zero-order chi connectivity index (χ0) is 22.4. The van der Waals surface area contributed by atoms with E-state index in [9.17, 15) is 0 Å². The normalized spacial score (nSPS) is 16.5. The molecular weight excluding hydrogens is 494 g/mol. The fourth-order valence-corrected chi connectivity index (χ4v) is 6.08. The smallest absolute Gasteiger partial charge is 0.159 e. The van der Waals surface area contributed by atoms with Gasteiger partial charge >= 0.3 is 0 Å². The highest BCUT2D eigenvalue weighted by molar-refractivity contribution is 9.11. The Morgan fingerprint density at radius 3 is 2.55 bits per heavy atom. The number of thiophene rings is 1. The number of nitrogens with zero attached hydrogens (tertiary/aromatic N) is 1. The third-order valence-corrected chi connectivity index (χ3v) is 8.08. The maximum Gasteiger partial charge on any atom is 0.159 e. The van der Waals surface area contributed by atoms with E-state index < -0.39 is 0 Å². The first-order valence-corrected chi connectivity index (χ1v) is 12.9. The first-order chi connectivity index (χ1) is 16.2. The van der Waals surface area contributed by atoms with Crippen molar-refractivity contribution >= 4 is 38.6 Å². The van der Waals surface area contributed by atoms with Crippen LogP contribution in [-0.2, 0) is 0 Å². The summed E-state index contributed by atoms with van der Waals surface area (Å²) >= 11 is 5.35. The standard InChI is InChI=1S/C28H24BrNO2S/c1-31-23-8-5-9-24-27(23)21-13-12-20(16-22(21)28(32-24)25-14-15-26(29)33-25)30(17-18-10-11-18)19-6-3-2-4-7-19/h2-9,12-16,18,28H,10-11,17H2,1H3. The molecular formula is C28H24BrNO2S. The second kappa shape index (κ2) is 8.54. The number of benzene rings is 3. The van der Waals surface area contributed by atoms with Crippen LogP contribution in [0, 0.1) is 5.92 Å².